The molecule has 0 saturated carbocycles. The largest absolute Gasteiger partial charge is 0.480 e. The number of carboxylic acid groups (broad SMARTS) is 1. The number of benzene rings is 2. The van der Waals surface area contributed by atoms with Gasteiger partial charge >= 0.3 is 17.8 Å². The Labute approximate surface area is 188 Å². The molecule has 1 aromatic heterocycles. The van der Waals surface area contributed by atoms with Crippen molar-refractivity contribution in [1.82, 2.24) is 15.5 Å². The first-order valence-corrected chi connectivity index (χ1v) is 9.95. The minimum absolute atomic E-state index is 0.171. The number of nitrogens with one attached hydrogen (secondary N) is 3. The number of thiocarbonyl (C=S) groups is 1. The van der Waals surface area contributed by atoms with Crippen LogP contribution in [0.2, 0.25) is 0 Å². The first-order chi connectivity index (χ1) is 15.2. The van der Waals surface area contributed by atoms with E-state index in [4.69, 9.17) is 16.7 Å². The lowest BCUT2D eigenvalue weighted by Crippen LogP contribution is -2.44. The lowest BCUT2D eigenvalue weighted by atomic mass is 10.1. The number of carboxylic acids is 1. The maximum Gasteiger partial charge on any atom is 0.326 e. The Bertz CT molecular complexity index is 1120. The molecule has 0 radical (unpaired) electrons. The molecule has 0 bridgehead atoms. The Balaban J connectivity index is 1.62. The molecule has 32 heavy (non-hydrogen) atoms. The van der Waals surface area contributed by atoms with Gasteiger partial charge in [-0.3, -0.25) is 4.79 Å². The SMILES string of the molecule is CC(C)C(NC(=O)c1nc(-c2ccc(NC(=S)Nc3ccc(F)cc3)cc2)no1)C(=O)O. The summed E-state index contributed by atoms with van der Waals surface area (Å²) < 4.78 is 17.9. The third kappa shape index (κ3) is 5.85. The van der Waals surface area contributed by atoms with Crippen LogP contribution in [0.3, 0.4) is 0 Å². The van der Waals surface area contributed by atoms with Gasteiger partial charge in [0.2, 0.25) is 5.82 Å². The molecular formula is C21H20FN5O4S. The van der Waals surface area contributed by atoms with Gasteiger partial charge in [-0.25, -0.2) is 9.18 Å². The van der Waals surface area contributed by atoms with Crippen molar-refractivity contribution < 1.29 is 23.6 Å². The average molecular weight is 457 g/mol. The number of anilines is 2. The first kappa shape index (κ1) is 22.8. The van der Waals surface area contributed by atoms with E-state index < -0.39 is 17.9 Å². The molecule has 0 fully saturated rings. The first-order valence-electron chi connectivity index (χ1n) is 9.54. The lowest BCUT2D eigenvalue weighted by molar-refractivity contribution is -0.140. The molecule has 0 aliphatic heterocycles. The van der Waals surface area contributed by atoms with Crippen LogP contribution in [-0.4, -0.2) is 38.3 Å². The van der Waals surface area contributed by atoms with Crippen LogP contribution in [0, 0.1) is 11.7 Å². The second kappa shape index (κ2) is 9.96. The van der Waals surface area contributed by atoms with Gasteiger partial charge in [-0.05, 0) is 66.7 Å². The lowest BCUT2D eigenvalue weighted by Gasteiger charge is -2.16. The molecule has 3 rings (SSSR count). The predicted octanol–water partition coefficient (Wildman–Crippen LogP) is 3.52. The van der Waals surface area contributed by atoms with Gasteiger partial charge < -0.3 is 25.6 Å². The fourth-order valence-corrected chi connectivity index (χ4v) is 2.91. The van der Waals surface area contributed by atoms with Crippen LogP contribution < -0.4 is 16.0 Å². The maximum absolute atomic E-state index is 13.0. The van der Waals surface area contributed by atoms with Crippen molar-refractivity contribution in [2.75, 3.05) is 10.6 Å². The molecule has 1 atom stereocenters. The summed E-state index contributed by atoms with van der Waals surface area (Å²) in [5, 5.41) is 21.6. The monoisotopic (exact) mass is 457 g/mol. The van der Waals surface area contributed by atoms with Crippen LogP contribution in [0.1, 0.15) is 24.5 Å². The van der Waals surface area contributed by atoms with Crippen molar-refractivity contribution in [3.8, 4) is 11.4 Å². The van der Waals surface area contributed by atoms with Crippen LogP contribution in [0.25, 0.3) is 11.4 Å². The highest BCUT2D eigenvalue weighted by molar-refractivity contribution is 7.80. The molecule has 0 spiro atoms. The summed E-state index contributed by atoms with van der Waals surface area (Å²) >= 11 is 5.24. The van der Waals surface area contributed by atoms with E-state index in [2.05, 4.69) is 26.1 Å². The number of carbonyl (C=O) groups is 2. The molecule has 166 valence electrons. The summed E-state index contributed by atoms with van der Waals surface area (Å²) in [5.74, 6) is -2.73. The van der Waals surface area contributed by atoms with Crippen molar-refractivity contribution in [1.29, 1.82) is 0 Å². The standard InChI is InChI=1S/C21H20FN5O4S/c1-11(2)16(20(29)30)25-18(28)19-26-17(27-31-19)12-3-7-14(8-4-12)23-21(32)24-15-9-5-13(22)6-10-15/h3-11,16H,1-2H3,(H,25,28)(H,29,30)(H2,23,24,32). The molecule has 1 unspecified atom stereocenters. The van der Waals surface area contributed by atoms with Crippen LogP contribution in [0.15, 0.2) is 53.1 Å². The fourth-order valence-electron chi connectivity index (χ4n) is 2.68. The average Bonchev–Trinajstić information content (AvgIpc) is 3.24. The van der Waals surface area contributed by atoms with Gasteiger partial charge in [0, 0.05) is 16.9 Å². The van der Waals surface area contributed by atoms with Gasteiger partial charge in [0.15, 0.2) is 5.11 Å². The molecule has 9 nitrogen and oxygen atoms in total. The van der Waals surface area contributed by atoms with Gasteiger partial charge in [-0.1, -0.05) is 19.0 Å². The molecule has 0 saturated heterocycles. The topological polar surface area (TPSA) is 129 Å². The summed E-state index contributed by atoms with van der Waals surface area (Å²) in [6.07, 6.45) is 0. The molecule has 0 aliphatic rings. The number of amides is 1. The quantitative estimate of drug-likeness (QED) is 0.394. The van der Waals surface area contributed by atoms with Crippen LogP contribution in [-0.2, 0) is 4.79 Å². The third-order valence-electron chi connectivity index (χ3n) is 4.34. The Morgan fingerprint density at radius 3 is 2.12 bits per heavy atom. The molecule has 0 aliphatic carbocycles. The van der Waals surface area contributed by atoms with E-state index in [-0.39, 0.29) is 23.5 Å². The third-order valence-corrected chi connectivity index (χ3v) is 4.55. The van der Waals surface area contributed by atoms with Crippen molar-refractivity contribution >= 4 is 40.6 Å². The van der Waals surface area contributed by atoms with E-state index in [1.807, 2.05) is 0 Å². The molecular weight excluding hydrogens is 437 g/mol. The summed E-state index contributed by atoms with van der Waals surface area (Å²) in [4.78, 5) is 27.5. The molecule has 1 heterocycles. The Morgan fingerprint density at radius 1 is 1.03 bits per heavy atom. The zero-order valence-corrected chi connectivity index (χ0v) is 17.9. The van der Waals surface area contributed by atoms with E-state index in [0.29, 0.717) is 22.1 Å². The van der Waals surface area contributed by atoms with E-state index in [1.54, 1.807) is 50.2 Å². The van der Waals surface area contributed by atoms with Crippen LogP contribution >= 0.6 is 12.2 Å². The van der Waals surface area contributed by atoms with Crippen molar-refractivity contribution in [3.63, 3.8) is 0 Å². The number of halogens is 1. The number of rotatable bonds is 7. The van der Waals surface area contributed by atoms with Crippen molar-refractivity contribution in [3.05, 3.63) is 60.2 Å². The smallest absolute Gasteiger partial charge is 0.326 e. The minimum Gasteiger partial charge on any atom is -0.480 e. The van der Waals surface area contributed by atoms with Gasteiger partial charge in [0.05, 0.1) is 0 Å². The van der Waals surface area contributed by atoms with E-state index in [9.17, 15) is 19.1 Å². The van der Waals surface area contributed by atoms with E-state index in [1.165, 1.54) is 12.1 Å². The Kier molecular flexibility index (Phi) is 7.11. The van der Waals surface area contributed by atoms with Crippen molar-refractivity contribution in [2.24, 2.45) is 5.92 Å². The molecule has 2 aromatic carbocycles. The molecule has 3 aromatic rings. The zero-order valence-electron chi connectivity index (χ0n) is 17.1. The van der Waals surface area contributed by atoms with Gasteiger partial charge in [0.25, 0.3) is 0 Å². The highest BCUT2D eigenvalue weighted by Gasteiger charge is 2.26. The summed E-state index contributed by atoms with van der Waals surface area (Å²) in [6, 6.07) is 11.6. The normalized spacial score (nSPS) is 11.6. The van der Waals surface area contributed by atoms with Crippen LogP contribution in [0.4, 0.5) is 15.8 Å². The molecule has 11 heteroatoms. The highest BCUT2D eigenvalue weighted by Crippen LogP contribution is 2.19. The minimum atomic E-state index is -1.15. The van der Waals surface area contributed by atoms with Gasteiger partial charge in [0.1, 0.15) is 11.9 Å². The number of aromatic nitrogens is 2. The van der Waals surface area contributed by atoms with Crippen molar-refractivity contribution in [2.45, 2.75) is 19.9 Å². The predicted molar refractivity (Wildman–Crippen MR) is 120 cm³/mol. The second-order valence-electron chi connectivity index (χ2n) is 7.12. The maximum atomic E-state index is 13.0. The number of carbonyl (C=O) groups excluding carboxylic acids is 1. The van der Waals surface area contributed by atoms with Gasteiger partial charge in [-0.15, -0.1) is 0 Å². The van der Waals surface area contributed by atoms with E-state index in [0.717, 1.165) is 0 Å². The Morgan fingerprint density at radius 2 is 1.59 bits per heavy atom. The number of hydrogen-bond acceptors (Lipinski definition) is 6. The summed E-state index contributed by atoms with van der Waals surface area (Å²) in [5.41, 5.74) is 1.89. The highest BCUT2D eigenvalue weighted by atomic mass is 32.1. The number of nitrogens with zero attached hydrogens (tertiary/aromatic N) is 2. The number of aliphatic carboxylic acids is 1. The molecule has 1 amide bonds. The Hall–Kier alpha value is -3.86. The zero-order chi connectivity index (χ0) is 23.3. The molecule has 4 N–H and O–H groups in total. The number of hydrogen-bond donors (Lipinski definition) is 4. The van der Waals surface area contributed by atoms with E-state index >= 15 is 0 Å². The fraction of sp³-hybridized carbons (Fsp3) is 0.190. The summed E-state index contributed by atoms with van der Waals surface area (Å²) in [6.45, 7) is 3.35. The second-order valence-corrected chi connectivity index (χ2v) is 7.53. The van der Waals surface area contributed by atoms with Crippen LogP contribution in [0.5, 0.6) is 0 Å². The summed E-state index contributed by atoms with van der Waals surface area (Å²) in [7, 11) is 0. The van der Waals surface area contributed by atoms with Gasteiger partial charge in [-0.2, -0.15) is 4.98 Å².